The minimum atomic E-state index is -4.63. The number of guanidine groups is 1. The molecule has 2 N–H and O–H groups in total. The SMILES string of the molecule is CCNC(=NCc1ccc(F)cc1C(F)(F)F)NCc1sc(C)nc1C.I. The minimum Gasteiger partial charge on any atom is -0.357 e. The molecule has 150 valence electrons. The summed E-state index contributed by atoms with van der Waals surface area (Å²) >= 11 is 1.55. The van der Waals surface area contributed by atoms with Gasteiger partial charge >= 0.3 is 6.18 Å². The first kappa shape index (κ1) is 23.6. The molecule has 1 aromatic carbocycles. The van der Waals surface area contributed by atoms with Gasteiger partial charge in [-0.25, -0.2) is 14.4 Å². The van der Waals surface area contributed by atoms with Crippen molar-refractivity contribution in [1.82, 2.24) is 15.6 Å². The van der Waals surface area contributed by atoms with Crippen LogP contribution >= 0.6 is 35.3 Å². The first-order valence-corrected chi connectivity index (χ1v) is 8.83. The van der Waals surface area contributed by atoms with Gasteiger partial charge < -0.3 is 10.6 Å². The van der Waals surface area contributed by atoms with Gasteiger partial charge in [-0.15, -0.1) is 35.3 Å². The van der Waals surface area contributed by atoms with E-state index in [4.69, 9.17) is 0 Å². The Kier molecular flexibility index (Phi) is 8.92. The predicted octanol–water partition coefficient (Wildman–Crippen LogP) is 4.79. The fourth-order valence-electron chi connectivity index (χ4n) is 2.36. The number of aryl methyl sites for hydroxylation is 2. The van der Waals surface area contributed by atoms with Crippen molar-refractivity contribution in [3.8, 4) is 0 Å². The van der Waals surface area contributed by atoms with Crippen LogP contribution in [-0.2, 0) is 19.3 Å². The van der Waals surface area contributed by atoms with Crippen LogP contribution in [0.2, 0.25) is 0 Å². The highest BCUT2D eigenvalue weighted by Crippen LogP contribution is 2.32. The maximum absolute atomic E-state index is 13.2. The summed E-state index contributed by atoms with van der Waals surface area (Å²) in [6, 6.07) is 2.61. The molecule has 0 radical (unpaired) electrons. The van der Waals surface area contributed by atoms with E-state index in [0.717, 1.165) is 27.7 Å². The monoisotopic (exact) mass is 516 g/mol. The van der Waals surface area contributed by atoms with Gasteiger partial charge in [-0.3, -0.25) is 0 Å². The second-order valence-corrected chi connectivity index (χ2v) is 6.88. The second-order valence-electron chi connectivity index (χ2n) is 5.59. The molecule has 0 saturated carbocycles. The molecule has 1 aromatic heterocycles. The number of halogens is 5. The Morgan fingerprint density at radius 2 is 1.93 bits per heavy atom. The number of alkyl halides is 3. The Balaban J connectivity index is 0.00000364. The summed E-state index contributed by atoms with van der Waals surface area (Å²) in [5.41, 5.74) is -0.180. The van der Waals surface area contributed by atoms with Crippen LogP contribution in [-0.4, -0.2) is 17.5 Å². The van der Waals surface area contributed by atoms with Crippen LogP contribution in [0.3, 0.4) is 0 Å². The zero-order valence-electron chi connectivity index (χ0n) is 15.1. The highest BCUT2D eigenvalue weighted by molar-refractivity contribution is 14.0. The van der Waals surface area contributed by atoms with E-state index in [9.17, 15) is 17.6 Å². The zero-order chi connectivity index (χ0) is 19.3. The van der Waals surface area contributed by atoms with Crippen molar-refractivity contribution in [2.24, 2.45) is 4.99 Å². The minimum absolute atomic E-state index is 0. The quantitative estimate of drug-likeness (QED) is 0.260. The van der Waals surface area contributed by atoms with Crippen LogP contribution in [0, 0.1) is 19.7 Å². The van der Waals surface area contributed by atoms with Crippen molar-refractivity contribution in [2.45, 2.75) is 40.0 Å². The Morgan fingerprint density at radius 3 is 2.48 bits per heavy atom. The molecule has 0 spiro atoms. The number of nitrogens with zero attached hydrogens (tertiary/aromatic N) is 2. The molecule has 0 amide bonds. The molecule has 0 aliphatic carbocycles. The van der Waals surface area contributed by atoms with E-state index in [2.05, 4.69) is 20.6 Å². The van der Waals surface area contributed by atoms with Gasteiger partial charge in [-0.05, 0) is 38.5 Å². The maximum Gasteiger partial charge on any atom is 0.416 e. The summed E-state index contributed by atoms with van der Waals surface area (Å²) in [6.07, 6.45) is -4.63. The lowest BCUT2D eigenvalue weighted by atomic mass is 10.1. The molecular weight excluding hydrogens is 495 g/mol. The Morgan fingerprint density at radius 1 is 1.22 bits per heavy atom. The van der Waals surface area contributed by atoms with E-state index in [0.29, 0.717) is 25.1 Å². The maximum atomic E-state index is 13.2. The van der Waals surface area contributed by atoms with Crippen LogP contribution in [0.15, 0.2) is 23.2 Å². The summed E-state index contributed by atoms with van der Waals surface area (Å²) in [5.74, 6) is -0.540. The third-order valence-electron chi connectivity index (χ3n) is 3.55. The Hall–Kier alpha value is -1.43. The lowest BCUT2D eigenvalue weighted by molar-refractivity contribution is -0.138. The van der Waals surface area contributed by atoms with Gasteiger partial charge in [0.25, 0.3) is 0 Å². The van der Waals surface area contributed by atoms with Crippen molar-refractivity contribution >= 4 is 41.3 Å². The molecule has 1 heterocycles. The summed E-state index contributed by atoms with van der Waals surface area (Å²) in [7, 11) is 0. The second kappa shape index (κ2) is 10.2. The smallest absolute Gasteiger partial charge is 0.357 e. The molecule has 0 saturated heterocycles. The Bertz CT molecular complexity index is 790. The van der Waals surface area contributed by atoms with Gasteiger partial charge in [0.15, 0.2) is 5.96 Å². The van der Waals surface area contributed by atoms with E-state index >= 15 is 0 Å². The van der Waals surface area contributed by atoms with Crippen LogP contribution < -0.4 is 10.6 Å². The highest BCUT2D eigenvalue weighted by Gasteiger charge is 2.33. The van der Waals surface area contributed by atoms with E-state index in [1.807, 2.05) is 20.8 Å². The summed E-state index contributed by atoms with van der Waals surface area (Å²) in [4.78, 5) is 9.56. The molecule has 0 aliphatic rings. The fourth-order valence-corrected chi connectivity index (χ4v) is 3.23. The summed E-state index contributed by atoms with van der Waals surface area (Å²) in [6.45, 7) is 6.48. The number of aliphatic imine (C=N–C) groups is 1. The molecule has 0 unspecified atom stereocenters. The third-order valence-corrected chi connectivity index (χ3v) is 4.62. The lowest BCUT2D eigenvalue weighted by Gasteiger charge is -2.14. The molecule has 0 fully saturated rings. The molecule has 4 nitrogen and oxygen atoms in total. The normalized spacial score (nSPS) is 11.9. The van der Waals surface area contributed by atoms with Gasteiger partial charge in [-0.1, -0.05) is 6.07 Å². The molecule has 0 bridgehead atoms. The average Bonchev–Trinajstić information content (AvgIpc) is 2.87. The Labute approximate surface area is 176 Å². The van der Waals surface area contributed by atoms with Crippen molar-refractivity contribution in [1.29, 1.82) is 0 Å². The van der Waals surface area contributed by atoms with Crippen LogP contribution in [0.1, 0.15) is 33.6 Å². The predicted molar refractivity (Wildman–Crippen MR) is 110 cm³/mol. The fraction of sp³-hybridized carbons (Fsp3) is 0.412. The number of thiazole rings is 1. The molecule has 10 heteroatoms. The van der Waals surface area contributed by atoms with Gasteiger partial charge in [0.05, 0.1) is 29.4 Å². The average molecular weight is 516 g/mol. The molecule has 2 aromatic rings. The van der Waals surface area contributed by atoms with E-state index in [1.54, 1.807) is 11.3 Å². The highest BCUT2D eigenvalue weighted by atomic mass is 127. The number of hydrogen-bond acceptors (Lipinski definition) is 3. The van der Waals surface area contributed by atoms with Gasteiger partial charge in [-0.2, -0.15) is 13.2 Å². The number of rotatable bonds is 5. The first-order valence-electron chi connectivity index (χ1n) is 8.01. The zero-order valence-corrected chi connectivity index (χ0v) is 18.2. The van der Waals surface area contributed by atoms with Gasteiger partial charge in [0.1, 0.15) is 5.82 Å². The molecule has 2 rings (SSSR count). The van der Waals surface area contributed by atoms with Crippen LogP contribution in [0.25, 0.3) is 0 Å². The summed E-state index contributed by atoms with van der Waals surface area (Å²) in [5, 5.41) is 7.02. The van der Waals surface area contributed by atoms with E-state index < -0.39 is 17.6 Å². The van der Waals surface area contributed by atoms with Gasteiger partial charge in [0, 0.05) is 11.4 Å². The third kappa shape index (κ3) is 6.91. The molecule has 0 aliphatic heterocycles. The van der Waals surface area contributed by atoms with Crippen LogP contribution in [0.4, 0.5) is 17.6 Å². The van der Waals surface area contributed by atoms with E-state index in [-0.39, 0.29) is 36.1 Å². The van der Waals surface area contributed by atoms with Crippen molar-refractivity contribution < 1.29 is 17.6 Å². The van der Waals surface area contributed by atoms with Crippen molar-refractivity contribution in [3.63, 3.8) is 0 Å². The van der Waals surface area contributed by atoms with Crippen molar-refractivity contribution in [2.75, 3.05) is 6.54 Å². The van der Waals surface area contributed by atoms with Gasteiger partial charge in [0.2, 0.25) is 0 Å². The molecular formula is C17H21F4IN4S. The van der Waals surface area contributed by atoms with Crippen LogP contribution in [0.5, 0.6) is 0 Å². The molecule has 27 heavy (non-hydrogen) atoms. The van der Waals surface area contributed by atoms with E-state index in [1.165, 1.54) is 0 Å². The first-order chi connectivity index (χ1) is 12.2. The number of aromatic nitrogens is 1. The lowest BCUT2D eigenvalue weighted by Crippen LogP contribution is -2.36. The molecule has 0 atom stereocenters. The largest absolute Gasteiger partial charge is 0.416 e. The van der Waals surface area contributed by atoms with Crippen molar-refractivity contribution in [3.05, 3.63) is 50.7 Å². The standard InChI is InChI=1S/C17H20F4N4S.HI/c1-4-22-16(24-9-15-10(2)25-11(3)26-15)23-8-12-5-6-13(18)7-14(12)17(19,20)21;/h5-7H,4,8-9H2,1-3H3,(H2,22,23,24);1H. The topological polar surface area (TPSA) is 49.3 Å². The number of benzene rings is 1. The number of hydrogen-bond donors (Lipinski definition) is 2. The summed E-state index contributed by atoms with van der Waals surface area (Å²) < 4.78 is 52.4. The number of nitrogens with one attached hydrogen (secondary N) is 2.